The van der Waals surface area contributed by atoms with Crippen LogP contribution in [0.15, 0.2) is 46.0 Å². The molecule has 0 spiro atoms. The first kappa shape index (κ1) is 21.4. The Balaban J connectivity index is 1.95. The van der Waals surface area contributed by atoms with Crippen LogP contribution in [0.25, 0.3) is 0 Å². The van der Waals surface area contributed by atoms with Gasteiger partial charge in [0.15, 0.2) is 0 Å². The normalized spacial score (nSPS) is 10.6. The summed E-state index contributed by atoms with van der Waals surface area (Å²) in [4.78, 5) is 24.0. The number of ether oxygens (including phenoxy) is 2. The summed E-state index contributed by atoms with van der Waals surface area (Å²) in [6.07, 6.45) is 1.89. The molecule has 0 radical (unpaired) electrons. The van der Waals surface area contributed by atoms with E-state index in [9.17, 15) is 9.59 Å². The number of carbonyl (C=O) groups is 2. The van der Waals surface area contributed by atoms with E-state index >= 15 is 0 Å². The second-order valence-electron chi connectivity index (χ2n) is 5.76. The number of nitrogens with one attached hydrogen (secondary N) is 2. The Bertz CT molecular complexity index is 884. The lowest BCUT2D eigenvalue weighted by Gasteiger charge is -2.10. The highest BCUT2D eigenvalue weighted by Gasteiger charge is 2.11. The molecular weight excluding hydrogens is 426 g/mol. The van der Waals surface area contributed by atoms with E-state index in [0.29, 0.717) is 22.7 Å². The molecule has 148 valence electrons. The number of halogens is 1. The number of carbonyl (C=O) groups excluding carboxylic acids is 2. The number of hydrogen-bond donors (Lipinski definition) is 2. The highest BCUT2D eigenvalue weighted by molar-refractivity contribution is 9.10. The summed E-state index contributed by atoms with van der Waals surface area (Å²) < 4.78 is 11.2. The zero-order chi connectivity index (χ0) is 20.5. The minimum atomic E-state index is -0.519. The van der Waals surface area contributed by atoms with Crippen molar-refractivity contribution < 1.29 is 19.1 Å². The van der Waals surface area contributed by atoms with Gasteiger partial charge in [0, 0.05) is 17.3 Å². The molecular formula is C20H22BrN3O4. The Morgan fingerprint density at radius 2 is 1.82 bits per heavy atom. The molecule has 0 aliphatic rings. The molecule has 2 N–H and O–H groups in total. The van der Waals surface area contributed by atoms with Crippen molar-refractivity contribution in [2.75, 3.05) is 19.5 Å². The largest absolute Gasteiger partial charge is 0.496 e. The van der Waals surface area contributed by atoms with Crippen LogP contribution in [0.1, 0.15) is 24.5 Å². The van der Waals surface area contributed by atoms with Crippen LogP contribution < -0.4 is 20.2 Å². The molecule has 0 heterocycles. The van der Waals surface area contributed by atoms with Gasteiger partial charge in [-0.05, 0) is 40.0 Å². The van der Waals surface area contributed by atoms with Gasteiger partial charge in [-0.2, -0.15) is 5.10 Å². The van der Waals surface area contributed by atoms with E-state index in [2.05, 4.69) is 31.8 Å². The van der Waals surface area contributed by atoms with Crippen molar-refractivity contribution in [3.8, 4) is 11.5 Å². The lowest BCUT2D eigenvalue weighted by Crippen LogP contribution is -2.25. The van der Waals surface area contributed by atoms with Gasteiger partial charge in [-0.1, -0.05) is 25.1 Å². The van der Waals surface area contributed by atoms with Gasteiger partial charge in [-0.25, -0.2) is 5.43 Å². The molecule has 2 aromatic rings. The zero-order valence-electron chi connectivity index (χ0n) is 15.9. The Morgan fingerprint density at radius 1 is 1.11 bits per heavy atom. The summed E-state index contributed by atoms with van der Waals surface area (Å²) >= 11 is 3.38. The zero-order valence-corrected chi connectivity index (χ0v) is 17.5. The highest BCUT2D eigenvalue weighted by atomic mass is 79.9. The molecule has 2 amide bonds. The molecule has 0 aliphatic heterocycles. The van der Waals surface area contributed by atoms with Gasteiger partial charge in [0.1, 0.15) is 17.9 Å². The molecule has 2 rings (SSSR count). The quantitative estimate of drug-likeness (QED) is 0.368. The third kappa shape index (κ3) is 5.82. The fraction of sp³-hybridized carbons (Fsp3) is 0.250. The van der Waals surface area contributed by atoms with Crippen LogP contribution in [0.5, 0.6) is 11.5 Å². The summed E-state index contributed by atoms with van der Waals surface area (Å²) in [6.45, 7) is 2.00. The molecule has 8 heteroatoms. The fourth-order valence-electron chi connectivity index (χ4n) is 2.49. The van der Waals surface area contributed by atoms with E-state index in [1.165, 1.54) is 13.3 Å². The summed E-state index contributed by atoms with van der Waals surface area (Å²) in [5.41, 5.74) is 4.69. The lowest BCUT2D eigenvalue weighted by atomic mass is 10.1. The Labute approximate surface area is 172 Å². The Hall–Kier alpha value is -2.87. The van der Waals surface area contributed by atoms with Crippen LogP contribution in [0.3, 0.4) is 0 Å². The van der Waals surface area contributed by atoms with Crippen molar-refractivity contribution in [2.24, 2.45) is 5.10 Å². The number of nitrogens with zero attached hydrogens (tertiary/aromatic N) is 1. The summed E-state index contributed by atoms with van der Waals surface area (Å²) in [5.74, 6) is 0.224. The van der Waals surface area contributed by atoms with Crippen LogP contribution in [-0.2, 0) is 16.0 Å². The van der Waals surface area contributed by atoms with Crippen molar-refractivity contribution >= 4 is 39.6 Å². The Morgan fingerprint density at radius 3 is 2.50 bits per heavy atom. The number of aryl methyl sites for hydroxylation is 1. The molecule has 7 nitrogen and oxygen atoms in total. The number of methoxy groups -OCH3 is 2. The standard InChI is InChI=1S/C20H22BrN3O4/c1-4-13-7-5-6-8-16(13)23-19(25)11-20(26)24-22-12-14-9-15(21)18(28-3)10-17(14)27-2/h5-10,12H,4,11H2,1-3H3,(H,23,25)(H,24,26). The number of hydrazone groups is 1. The van der Waals surface area contributed by atoms with Crippen molar-refractivity contribution in [1.82, 2.24) is 5.43 Å². The average molecular weight is 448 g/mol. The first-order chi connectivity index (χ1) is 13.5. The number of amides is 2. The maximum atomic E-state index is 12.1. The van der Waals surface area contributed by atoms with Gasteiger partial charge in [-0.3, -0.25) is 9.59 Å². The number of hydrogen-bond acceptors (Lipinski definition) is 5. The summed E-state index contributed by atoms with van der Waals surface area (Å²) in [7, 11) is 3.08. The first-order valence-corrected chi connectivity index (χ1v) is 9.39. The molecule has 0 aromatic heterocycles. The average Bonchev–Trinajstić information content (AvgIpc) is 2.68. The minimum Gasteiger partial charge on any atom is -0.496 e. The van der Waals surface area contributed by atoms with E-state index in [4.69, 9.17) is 9.47 Å². The van der Waals surface area contributed by atoms with Crippen molar-refractivity contribution in [3.63, 3.8) is 0 Å². The van der Waals surface area contributed by atoms with Crippen molar-refractivity contribution in [2.45, 2.75) is 19.8 Å². The van der Waals surface area contributed by atoms with Crippen LogP contribution in [-0.4, -0.2) is 32.2 Å². The van der Waals surface area contributed by atoms with E-state index < -0.39 is 11.8 Å². The predicted molar refractivity (Wildman–Crippen MR) is 112 cm³/mol. The van der Waals surface area contributed by atoms with Crippen molar-refractivity contribution in [3.05, 3.63) is 52.0 Å². The fourth-order valence-corrected chi connectivity index (χ4v) is 3.01. The molecule has 0 saturated heterocycles. The summed E-state index contributed by atoms with van der Waals surface area (Å²) in [5, 5.41) is 6.64. The molecule has 0 bridgehead atoms. The topological polar surface area (TPSA) is 89.0 Å². The van der Waals surface area contributed by atoms with Gasteiger partial charge in [0.2, 0.25) is 11.8 Å². The SMILES string of the molecule is CCc1ccccc1NC(=O)CC(=O)NN=Cc1cc(Br)c(OC)cc1OC. The van der Waals surface area contributed by atoms with Crippen LogP contribution in [0, 0.1) is 0 Å². The van der Waals surface area contributed by atoms with E-state index in [1.807, 2.05) is 25.1 Å². The second-order valence-corrected chi connectivity index (χ2v) is 6.61. The van der Waals surface area contributed by atoms with Gasteiger partial charge in [-0.15, -0.1) is 0 Å². The number of rotatable bonds is 8. The molecule has 0 unspecified atom stereocenters. The van der Waals surface area contributed by atoms with Crippen LogP contribution >= 0.6 is 15.9 Å². The summed E-state index contributed by atoms with van der Waals surface area (Å²) in [6, 6.07) is 10.9. The van der Waals surface area contributed by atoms with Gasteiger partial charge >= 0.3 is 0 Å². The molecule has 0 atom stereocenters. The minimum absolute atomic E-state index is 0.334. The maximum Gasteiger partial charge on any atom is 0.249 e. The Kier molecular flexibility index (Phi) is 8.01. The second kappa shape index (κ2) is 10.5. The van der Waals surface area contributed by atoms with Crippen LogP contribution in [0.4, 0.5) is 5.69 Å². The lowest BCUT2D eigenvalue weighted by molar-refractivity contribution is -0.126. The molecule has 0 aliphatic carbocycles. The third-order valence-corrected chi connectivity index (χ3v) is 4.51. The van der Waals surface area contributed by atoms with E-state index in [0.717, 1.165) is 16.5 Å². The van der Waals surface area contributed by atoms with Gasteiger partial charge in [0.25, 0.3) is 0 Å². The monoisotopic (exact) mass is 447 g/mol. The van der Waals surface area contributed by atoms with Crippen LogP contribution in [0.2, 0.25) is 0 Å². The predicted octanol–water partition coefficient (Wildman–Crippen LogP) is 3.51. The number of para-hydroxylation sites is 1. The third-order valence-electron chi connectivity index (χ3n) is 3.89. The van der Waals surface area contributed by atoms with E-state index in [-0.39, 0.29) is 6.42 Å². The smallest absolute Gasteiger partial charge is 0.249 e. The molecule has 28 heavy (non-hydrogen) atoms. The first-order valence-electron chi connectivity index (χ1n) is 8.59. The number of anilines is 1. The molecule has 0 saturated carbocycles. The van der Waals surface area contributed by atoms with Gasteiger partial charge in [0.05, 0.1) is 24.9 Å². The molecule has 2 aromatic carbocycles. The van der Waals surface area contributed by atoms with Gasteiger partial charge < -0.3 is 14.8 Å². The van der Waals surface area contributed by atoms with Crippen molar-refractivity contribution in [1.29, 1.82) is 0 Å². The maximum absolute atomic E-state index is 12.1. The van der Waals surface area contributed by atoms with E-state index in [1.54, 1.807) is 25.3 Å². The molecule has 0 fully saturated rings. The number of benzene rings is 2. The highest BCUT2D eigenvalue weighted by Crippen LogP contribution is 2.31.